The molecule has 2 unspecified atom stereocenters. The minimum atomic E-state index is 0.230. The van der Waals surface area contributed by atoms with Gasteiger partial charge in [0.2, 0.25) is 0 Å². The van der Waals surface area contributed by atoms with E-state index >= 15 is 0 Å². The summed E-state index contributed by atoms with van der Waals surface area (Å²) in [6, 6.07) is 3.99. The molecule has 0 aromatic heterocycles. The first-order valence-electron chi connectivity index (χ1n) is 5.89. The highest BCUT2D eigenvalue weighted by Gasteiger charge is 2.58. The summed E-state index contributed by atoms with van der Waals surface area (Å²) >= 11 is 0. The summed E-state index contributed by atoms with van der Waals surface area (Å²) < 4.78 is 0. The summed E-state index contributed by atoms with van der Waals surface area (Å²) in [6.45, 7) is 9.26. The Hall–Kier alpha value is -1.02. The Bertz CT molecular complexity index is 423. The molecule has 16 heavy (non-hydrogen) atoms. The molecule has 0 bridgehead atoms. The van der Waals surface area contributed by atoms with Crippen LogP contribution in [0.5, 0.6) is 5.75 Å². The Balaban J connectivity index is 2.40. The Morgan fingerprint density at radius 1 is 1.25 bits per heavy atom. The van der Waals surface area contributed by atoms with Crippen LogP contribution in [0.1, 0.15) is 36.5 Å². The number of phenolic OH excluding ortho intramolecular Hbond substituents is 1. The summed E-state index contributed by atoms with van der Waals surface area (Å²) in [5, 5.41) is 10.0. The molecule has 88 valence electrons. The molecule has 2 nitrogen and oxygen atoms in total. The summed E-state index contributed by atoms with van der Waals surface area (Å²) in [4.78, 5) is 0. The van der Waals surface area contributed by atoms with Gasteiger partial charge >= 0.3 is 0 Å². The van der Waals surface area contributed by atoms with Crippen molar-refractivity contribution < 1.29 is 5.11 Å². The Labute approximate surface area is 97.5 Å². The molecule has 0 amide bonds. The van der Waals surface area contributed by atoms with Gasteiger partial charge in [-0.15, -0.1) is 0 Å². The van der Waals surface area contributed by atoms with Crippen molar-refractivity contribution in [3.63, 3.8) is 0 Å². The van der Waals surface area contributed by atoms with E-state index in [1.165, 1.54) is 5.56 Å². The van der Waals surface area contributed by atoms with Crippen LogP contribution in [0, 0.1) is 25.2 Å². The number of nitrogens with two attached hydrogens (primary N) is 1. The molecule has 1 fully saturated rings. The third-order valence-electron chi connectivity index (χ3n) is 4.28. The third-order valence-corrected chi connectivity index (χ3v) is 4.28. The lowest BCUT2D eigenvalue weighted by Gasteiger charge is -2.09. The maximum absolute atomic E-state index is 10.0. The van der Waals surface area contributed by atoms with Gasteiger partial charge in [-0.05, 0) is 60.4 Å². The van der Waals surface area contributed by atoms with Crippen LogP contribution in [0.2, 0.25) is 0 Å². The molecule has 0 radical (unpaired) electrons. The number of phenols is 1. The van der Waals surface area contributed by atoms with E-state index in [1.807, 2.05) is 13.0 Å². The van der Waals surface area contributed by atoms with E-state index in [-0.39, 0.29) is 5.41 Å². The maximum atomic E-state index is 10.0. The highest BCUT2D eigenvalue weighted by molar-refractivity contribution is 5.47. The molecule has 0 heterocycles. The second kappa shape index (κ2) is 3.49. The molecule has 1 aliphatic rings. The molecule has 1 saturated carbocycles. The molecular weight excluding hydrogens is 198 g/mol. The summed E-state index contributed by atoms with van der Waals surface area (Å²) in [6.07, 6.45) is 0. The number of hydrogen-bond donors (Lipinski definition) is 2. The first-order valence-corrected chi connectivity index (χ1v) is 5.89. The van der Waals surface area contributed by atoms with Gasteiger partial charge in [-0.1, -0.05) is 19.9 Å². The van der Waals surface area contributed by atoms with E-state index in [2.05, 4.69) is 26.8 Å². The van der Waals surface area contributed by atoms with Crippen molar-refractivity contribution in [2.24, 2.45) is 17.1 Å². The van der Waals surface area contributed by atoms with E-state index in [0.717, 1.165) is 11.1 Å². The largest absolute Gasteiger partial charge is 0.508 e. The average Bonchev–Trinajstić information content (AvgIpc) is 2.74. The minimum Gasteiger partial charge on any atom is -0.508 e. The van der Waals surface area contributed by atoms with Gasteiger partial charge in [-0.25, -0.2) is 0 Å². The summed E-state index contributed by atoms with van der Waals surface area (Å²) in [5.41, 5.74) is 9.46. The predicted octanol–water partition coefficient (Wildman–Crippen LogP) is 2.71. The molecule has 2 heteroatoms. The van der Waals surface area contributed by atoms with Crippen LogP contribution in [-0.2, 0) is 0 Å². The SMILES string of the molecule is Cc1cc(O)c(C2C(CN)C2(C)C)cc1C. The topological polar surface area (TPSA) is 46.2 Å². The lowest BCUT2D eigenvalue weighted by Crippen LogP contribution is -2.05. The maximum Gasteiger partial charge on any atom is 0.119 e. The van der Waals surface area contributed by atoms with Crippen LogP contribution in [0.3, 0.4) is 0 Å². The van der Waals surface area contributed by atoms with Crippen molar-refractivity contribution in [2.75, 3.05) is 6.54 Å². The van der Waals surface area contributed by atoms with Crippen LogP contribution in [0.4, 0.5) is 0 Å². The molecule has 1 aliphatic carbocycles. The van der Waals surface area contributed by atoms with Crippen LogP contribution in [0.25, 0.3) is 0 Å². The fourth-order valence-corrected chi connectivity index (χ4v) is 2.87. The van der Waals surface area contributed by atoms with E-state index in [4.69, 9.17) is 5.73 Å². The molecule has 0 saturated heterocycles. The molecule has 1 aromatic carbocycles. The molecule has 0 spiro atoms. The zero-order chi connectivity index (χ0) is 12.1. The van der Waals surface area contributed by atoms with Gasteiger partial charge in [-0.3, -0.25) is 0 Å². The normalized spacial score (nSPS) is 26.8. The zero-order valence-corrected chi connectivity index (χ0v) is 10.5. The Morgan fingerprint density at radius 3 is 2.31 bits per heavy atom. The van der Waals surface area contributed by atoms with Crippen LogP contribution < -0.4 is 5.73 Å². The molecule has 2 rings (SSSR count). The second-order valence-corrected chi connectivity index (χ2v) is 5.64. The van der Waals surface area contributed by atoms with E-state index in [1.54, 1.807) is 0 Å². The van der Waals surface area contributed by atoms with E-state index < -0.39 is 0 Å². The molecule has 1 aromatic rings. The highest BCUT2D eigenvalue weighted by atomic mass is 16.3. The zero-order valence-electron chi connectivity index (χ0n) is 10.5. The van der Waals surface area contributed by atoms with Crippen molar-refractivity contribution in [1.82, 2.24) is 0 Å². The van der Waals surface area contributed by atoms with Gasteiger partial charge < -0.3 is 10.8 Å². The van der Waals surface area contributed by atoms with Crippen molar-refractivity contribution in [1.29, 1.82) is 0 Å². The number of rotatable bonds is 2. The smallest absolute Gasteiger partial charge is 0.119 e. The van der Waals surface area contributed by atoms with Crippen molar-refractivity contribution in [3.8, 4) is 5.75 Å². The van der Waals surface area contributed by atoms with Gasteiger partial charge in [0, 0.05) is 0 Å². The second-order valence-electron chi connectivity index (χ2n) is 5.64. The monoisotopic (exact) mass is 219 g/mol. The van der Waals surface area contributed by atoms with Gasteiger partial charge in [0.15, 0.2) is 0 Å². The summed E-state index contributed by atoms with van der Waals surface area (Å²) in [5.74, 6) is 1.34. The standard InChI is InChI=1S/C14H21NO/c1-8-5-10(12(16)6-9(8)2)13-11(7-15)14(13,3)4/h5-6,11,13,16H,7,15H2,1-4H3. The van der Waals surface area contributed by atoms with Crippen molar-refractivity contribution in [3.05, 3.63) is 28.8 Å². The summed E-state index contributed by atoms with van der Waals surface area (Å²) in [7, 11) is 0. The van der Waals surface area contributed by atoms with Crippen LogP contribution in [-0.4, -0.2) is 11.7 Å². The number of hydrogen-bond acceptors (Lipinski definition) is 2. The third kappa shape index (κ3) is 1.52. The molecular formula is C14H21NO. The minimum absolute atomic E-state index is 0.230. The van der Waals surface area contributed by atoms with Gasteiger partial charge in [-0.2, -0.15) is 0 Å². The van der Waals surface area contributed by atoms with Gasteiger partial charge in [0.05, 0.1) is 0 Å². The number of benzene rings is 1. The fraction of sp³-hybridized carbons (Fsp3) is 0.571. The van der Waals surface area contributed by atoms with Crippen LogP contribution in [0.15, 0.2) is 12.1 Å². The lowest BCUT2D eigenvalue weighted by atomic mass is 9.98. The fourth-order valence-electron chi connectivity index (χ4n) is 2.87. The molecule has 0 aliphatic heterocycles. The predicted molar refractivity (Wildman–Crippen MR) is 66.6 cm³/mol. The quantitative estimate of drug-likeness (QED) is 0.803. The van der Waals surface area contributed by atoms with Gasteiger partial charge in [0.25, 0.3) is 0 Å². The van der Waals surface area contributed by atoms with E-state index in [0.29, 0.717) is 24.1 Å². The first kappa shape index (κ1) is 11.5. The average molecular weight is 219 g/mol. The number of aromatic hydroxyl groups is 1. The molecule has 2 atom stereocenters. The molecule has 3 N–H and O–H groups in total. The number of aryl methyl sites for hydroxylation is 2. The lowest BCUT2D eigenvalue weighted by molar-refractivity contribution is 0.463. The first-order chi connectivity index (χ1) is 7.39. The Morgan fingerprint density at radius 2 is 1.81 bits per heavy atom. The van der Waals surface area contributed by atoms with E-state index in [9.17, 15) is 5.11 Å². The van der Waals surface area contributed by atoms with Gasteiger partial charge in [0.1, 0.15) is 5.75 Å². The van der Waals surface area contributed by atoms with Crippen LogP contribution >= 0.6 is 0 Å². The van der Waals surface area contributed by atoms with Crippen molar-refractivity contribution in [2.45, 2.75) is 33.6 Å². The Kier molecular flexibility index (Phi) is 2.50. The van der Waals surface area contributed by atoms with Crippen molar-refractivity contribution >= 4 is 0 Å². The highest BCUT2D eigenvalue weighted by Crippen LogP contribution is 2.65.